The first-order valence-corrected chi connectivity index (χ1v) is 10.3. The second-order valence-corrected chi connectivity index (χ2v) is 7.84. The third-order valence-corrected chi connectivity index (χ3v) is 5.86. The van der Waals surface area contributed by atoms with Gasteiger partial charge in [0.1, 0.15) is 5.82 Å². The van der Waals surface area contributed by atoms with Gasteiger partial charge in [0.2, 0.25) is 0 Å². The summed E-state index contributed by atoms with van der Waals surface area (Å²) in [5.74, 6) is -0.166. The van der Waals surface area contributed by atoms with E-state index in [1.165, 1.54) is 18.2 Å². The van der Waals surface area contributed by atoms with Gasteiger partial charge < -0.3 is 10.2 Å². The van der Waals surface area contributed by atoms with Crippen LogP contribution >= 0.6 is 0 Å². The van der Waals surface area contributed by atoms with Crippen molar-refractivity contribution in [2.45, 2.75) is 26.8 Å². The van der Waals surface area contributed by atoms with Gasteiger partial charge in [0.25, 0.3) is 5.91 Å². The second-order valence-electron chi connectivity index (χ2n) is 7.84. The number of piperidine rings is 1. The number of nitrogens with one attached hydrogen (secondary N) is 1. The van der Waals surface area contributed by atoms with E-state index in [1.807, 2.05) is 12.1 Å². The van der Waals surface area contributed by atoms with Gasteiger partial charge in [-0.25, -0.2) is 14.1 Å². The van der Waals surface area contributed by atoms with Crippen LogP contribution in [0, 0.1) is 34.4 Å². The molecule has 0 spiro atoms. The van der Waals surface area contributed by atoms with Crippen molar-refractivity contribution in [1.82, 2.24) is 20.1 Å². The molecule has 3 aromatic rings. The first-order valence-electron chi connectivity index (χ1n) is 10.3. The van der Waals surface area contributed by atoms with Crippen LogP contribution in [-0.4, -0.2) is 33.8 Å². The molecule has 5 rings (SSSR count). The number of aromatic nitrogens is 3. The molecule has 1 amide bonds. The molecule has 8 nitrogen and oxygen atoms in total. The van der Waals surface area contributed by atoms with Gasteiger partial charge in [-0.15, -0.1) is 0 Å². The van der Waals surface area contributed by atoms with Crippen molar-refractivity contribution in [2.75, 3.05) is 18.0 Å². The average Bonchev–Trinajstić information content (AvgIpc) is 3.46. The van der Waals surface area contributed by atoms with Gasteiger partial charge in [0.05, 0.1) is 58.4 Å². The topological polar surface area (TPSA) is 111 Å². The lowest BCUT2D eigenvalue weighted by molar-refractivity contribution is 0.0965. The number of hydrogen-bond donors (Lipinski definition) is 1. The molecule has 0 aliphatic carbocycles. The fraction of sp³-hybridized carbons (Fsp3) is 0.292. The number of halogens is 1. The predicted octanol–water partition coefficient (Wildman–Crippen LogP) is 3.56. The maximum absolute atomic E-state index is 14.7. The minimum atomic E-state index is -0.559. The molecule has 0 bridgehead atoms. The molecule has 166 valence electrons. The molecule has 33 heavy (non-hydrogen) atoms. The number of carbonyl (C=O) groups excluding carboxylic acids is 1. The van der Waals surface area contributed by atoms with E-state index in [2.05, 4.69) is 26.4 Å². The summed E-state index contributed by atoms with van der Waals surface area (Å²) < 4.78 is 16.3. The Bertz CT molecular complexity index is 1320. The monoisotopic (exact) mass is 443 g/mol. The largest absolute Gasteiger partial charge is 0.354 e. The standard InChI is InChI=1S/C23H18FN7O.CH4/c24-16-5-1-4-15(11-26)21(16)17-9-19(22-18(28-17)12-27-23(22)32)31-8-6-20(29-31)30-7-2-3-14(10-25)13-30;/h1,4-6,8-9,14H,2-3,7,12-13H2,(H,27,32);1H4. The van der Waals surface area contributed by atoms with Gasteiger partial charge in [0.15, 0.2) is 5.82 Å². The molecule has 2 aliphatic heterocycles. The molecule has 0 saturated carbocycles. The van der Waals surface area contributed by atoms with Crippen LogP contribution in [0.25, 0.3) is 16.9 Å². The van der Waals surface area contributed by atoms with E-state index in [1.54, 1.807) is 16.9 Å². The number of carbonyl (C=O) groups is 1. The predicted molar refractivity (Wildman–Crippen MR) is 120 cm³/mol. The second kappa shape index (κ2) is 8.71. The van der Waals surface area contributed by atoms with Crippen LogP contribution < -0.4 is 10.2 Å². The maximum Gasteiger partial charge on any atom is 0.255 e. The molecule has 9 heteroatoms. The number of benzene rings is 1. The highest BCUT2D eigenvalue weighted by molar-refractivity contribution is 6.01. The zero-order chi connectivity index (χ0) is 22.2. The van der Waals surface area contributed by atoms with Crippen molar-refractivity contribution >= 4 is 11.7 Å². The van der Waals surface area contributed by atoms with E-state index in [0.717, 1.165) is 19.4 Å². The quantitative estimate of drug-likeness (QED) is 0.663. The number of hydrogen-bond acceptors (Lipinski definition) is 6. The van der Waals surface area contributed by atoms with Crippen LogP contribution in [0.4, 0.5) is 10.2 Å². The molecule has 0 radical (unpaired) electrons. The van der Waals surface area contributed by atoms with Crippen molar-refractivity contribution < 1.29 is 9.18 Å². The van der Waals surface area contributed by atoms with Crippen molar-refractivity contribution in [1.29, 1.82) is 10.5 Å². The third kappa shape index (κ3) is 3.79. The molecule has 2 aliphatic rings. The molecule has 4 heterocycles. The first-order chi connectivity index (χ1) is 15.6. The van der Waals surface area contributed by atoms with Crippen LogP contribution in [0.3, 0.4) is 0 Å². The van der Waals surface area contributed by atoms with Gasteiger partial charge >= 0.3 is 0 Å². The number of pyridine rings is 1. The fourth-order valence-electron chi connectivity index (χ4n) is 4.30. The van der Waals surface area contributed by atoms with Crippen LogP contribution in [0.15, 0.2) is 36.5 Å². The summed E-state index contributed by atoms with van der Waals surface area (Å²) in [5.41, 5.74) is 1.86. The Morgan fingerprint density at radius 3 is 2.85 bits per heavy atom. The Hall–Kier alpha value is -4.24. The Morgan fingerprint density at radius 1 is 1.21 bits per heavy atom. The molecular weight excluding hydrogens is 421 g/mol. The smallest absolute Gasteiger partial charge is 0.255 e. The fourth-order valence-corrected chi connectivity index (χ4v) is 4.30. The number of nitrogens with zero attached hydrogens (tertiary/aromatic N) is 6. The van der Waals surface area contributed by atoms with E-state index in [9.17, 15) is 19.7 Å². The van der Waals surface area contributed by atoms with Gasteiger partial charge in [0, 0.05) is 25.4 Å². The highest BCUT2D eigenvalue weighted by atomic mass is 19.1. The Kier molecular flexibility index (Phi) is 5.80. The maximum atomic E-state index is 14.7. The normalized spacial score (nSPS) is 16.9. The molecule has 1 saturated heterocycles. The summed E-state index contributed by atoms with van der Waals surface area (Å²) in [6, 6.07) is 12.0. The van der Waals surface area contributed by atoms with Crippen molar-refractivity contribution in [3.63, 3.8) is 0 Å². The van der Waals surface area contributed by atoms with E-state index in [0.29, 0.717) is 29.3 Å². The number of nitriles is 2. The van der Waals surface area contributed by atoms with Gasteiger partial charge in [-0.3, -0.25) is 4.79 Å². The SMILES string of the molecule is C.N#Cc1cccc(F)c1-c1cc(-n2ccc(N3CCCC(C#N)C3)n2)c2c(n1)CNC2=O. The minimum Gasteiger partial charge on any atom is -0.354 e. The van der Waals surface area contributed by atoms with E-state index >= 15 is 0 Å². The Balaban J connectivity index is 0.00000259. The van der Waals surface area contributed by atoms with Gasteiger partial charge in [-0.2, -0.15) is 15.6 Å². The highest BCUT2D eigenvalue weighted by Gasteiger charge is 2.28. The lowest BCUT2D eigenvalue weighted by atomic mass is 10.00. The Labute approximate surface area is 190 Å². The van der Waals surface area contributed by atoms with Crippen LogP contribution in [0.5, 0.6) is 0 Å². The first kappa shape index (κ1) is 22.0. The third-order valence-electron chi connectivity index (χ3n) is 5.86. The Morgan fingerprint density at radius 2 is 2.06 bits per heavy atom. The van der Waals surface area contributed by atoms with Crippen molar-refractivity contribution in [2.24, 2.45) is 5.92 Å². The summed E-state index contributed by atoms with van der Waals surface area (Å²) in [7, 11) is 0. The summed E-state index contributed by atoms with van der Waals surface area (Å²) in [6.07, 6.45) is 3.52. The molecule has 1 fully saturated rings. The average molecular weight is 443 g/mol. The van der Waals surface area contributed by atoms with Crippen LogP contribution in [0.2, 0.25) is 0 Å². The molecule has 1 aromatic carbocycles. The molecular formula is C24H22FN7O. The number of anilines is 1. The summed E-state index contributed by atoms with van der Waals surface area (Å²) in [4.78, 5) is 19.1. The van der Waals surface area contributed by atoms with Crippen LogP contribution in [-0.2, 0) is 6.54 Å². The minimum absolute atomic E-state index is 0. The summed E-state index contributed by atoms with van der Waals surface area (Å²) in [6.45, 7) is 1.63. The van der Waals surface area contributed by atoms with E-state index < -0.39 is 5.82 Å². The molecule has 2 aromatic heterocycles. The summed E-state index contributed by atoms with van der Waals surface area (Å²) >= 11 is 0. The number of amides is 1. The van der Waals surface area contributed by atoms with Crippen molar-refractivity contribution in [3.8, 4) is 29.1 Å². The number of fused-ring (bicyclic) bond motifs is 1. The van der Waals surface area contributed by atoms with Crippen molar-refractivity contribution in [3.05, 3.63) is 59.2 Å². The zero-order valence-corrected chi connectivity index (χ0v) is 17.0. The number of rotatable bonds is 3. The lowest BCUT2D eigenvalue weighted by Crippen LogP contribution is -2.35. The molecule has 1 N–H and O–H groups in total. The zero-order valence-electron chi connectivity index (χ0n) is 17.0. The summed E-state index contributed by atoms with van der Waals surface area (Å²) in [5, 5.41) is 26.1. The van der Waals surface area contributed by atoms with E-state index in [4.69, 9.17) is 0 Å². The lowest BCUT2D eigenvalue weighted by Gasteiger charge is -2.29. The highest BCUT2D eigenvalue weighted by Crippen LogP contribution is 2.32. The molecule has 1 unspecified atom stereocenters. The van der Waals surface area contributed by atoms with E-state index in [-0.39, 0.29) is 42.6 Å². The van der Waals surface area contributed by atoms with Gasteiger partial charge in [-0.1, -0.05) is 13.5 Å². The van der Waals surface area contributed by atoms with Gasteiger partial charge in [-0.05, 0) is 31.0 Å². The van der Waals surface area contributed by atoms with Crippen LogP contribution in [0.1, 0.15) is 41.9 Å². The molecule has 1 atom stereocenters.